The van der Waals surface area contributed by atoms with Gasteiger partial charge in [-0.2, -0.15) is 0 Å². The van der Waals surface area contributed by atoms with Crippen molar-refractivity contribution in [3.8, 4) is 5.75 Å². The van der Waals surface area contributed by atoms with E-state index >= 15 is 0 Å². The predicted molar refractivity (Wildman–Crippen MR) is 75.5 cm³/mol. The molecule has 0 saturated heterocycles. The highest BCUT2D eigenvalue weighted by Gasteiger charge is 2.28. The van der Waals surface area contributed by atoms with Crippen LogP contribution < -0.4 is 21.1 Å². The molecule has 2 rings (SSSR count). The summed E-state index contributed by atoms with van der Waals surface area (Å²) in [5, 5.41) is 5.51. The molecule has 1 aromatic carbocycles. The smallest absolute Gasteiger partial charge is 0.251 e. The number of hydrogen-bond donors (Lipinski definition) is 3. The van der Waals surface area contributed by atoms with Crippen LogP contribution in [0.3, 0.4) is 0 Å². The molecule has 0 radical (unpaired) electrons. The van der Waals surface area contributed by atoms with Crippen LogP contribution in [0.25, 0.3) is 0 Å². The second-order valence-corrected chi connectivity index (χ2v) is 4.78. The van der Waals surface area contributed by atoms with Crippen LogP contribution in [0.15, 0.2) is 18.2 Å². The van der Waals surface area contributed by atoms with E-state index in [-0.39, 0.29) is 17.7 Å². The van der Waals surface area contributed by atoms with Gasteiger partial charge in [0.25, 0.3) is 5.91 Å². The van der Waals surface area contributed by atoms with Crippen LogP contribution in [0.1, 0.15) is 23.2 Å². The van der Waals surface area contributed by atoms with Crippen molar-refractivity contribution < 1.29 is 14.3 Å². The van der Waals surface area contributed by atoms with E-state index in [1.807, 2.05) is 0 Å². The van der Waals surface area contributed by atoms with Gasteiger partial charge < -0.3 is 21.1 Å². The first kappa shape index (κ1) is 14.2. The fraction of sp³-hybridized carbons (Fsp3) is 0.429. The third kappa shape index (κ3) is 3.63. The van der Waals surface area contributed by atoms with Gasteiger partial charge in [0.2, 0.25) is 5.91 Å². The van der Waals surface area contributed by atoms with E-state index < -0.39 is 0 Å². The van der Waals surface area contributed by atoms with Crippen molar-refractivity contribution in [2.45, 2.75) is 12.8 Å². The minimum absolute atomic E-state index is 0.0768. The van der Waals surface area contributed by atoms with Crippen molar-refractivity contribution >= 4 is 17.5 Å². The van der Waals surface area contributed by atoms with Crippen LogP contribution in [-0.2, 0) is 4.79 Å². The summed E-state index contributed by atoms with van der Waals surface area (Å²) in [5.74, 6) is 0.582. The van der Waals surface area contributed by atoms with Crippen molar-refractivity contribution in [1.82, 2.24) is 10.6 Å². The minimum Gasteiger partial charge on any atom is -0.495 e. The van der Waals surface area contributed by atoms with E-state index in [0.717, 1.165) is 12.8 Å². The molecule has 1 fully saturated rings. The van der Waals surface area contributed by atoms with Gasteiger partial charge in [-0.05, 0) is 31.0 Å². The molecule has 0 bridgehead atoms. The third-order valence-electron chi connectivity index (χ3n) is 3.15. The zero-order chi connectivity index (χ0) is 14.5. The van der Waals surface area contributed by atoms with Crippen LogP contribution in [0.5, 0.6) is 5.75 Å². The summed E-state index contributed by atoms with van der Waals surface area (Å²) in [6.07, 6.45) is 1.95. The molecular weight excluding hydrogens is 258 g/mol. The number of nitrogen functional groups attached to an aromatic ring is 1. The van der Waals surface area contributed by atoms with Crippen molar-refractivity contribution in [3.05, 3.63) is 23.8 Å². The van der Waals surface area contributed by atoms with Gasteiger partial charge in [-0.15, -0.1) is 0 Å². The summed E-state index contributed by atoms with van der Waals surface area (Å²) in [6.45, 7) is 0.829. The van der Waals surface area contributed by atoms with Crippen LogP contribution in [0, 0.1) is 5.92 Å². The summed E-state index contributed by atoms with van der Waals surface area (Å²) >= 11 is 0. The third-order valence-corrected chi connectivity index (χ3v) is 3.15. The number of anilines is 1. The Balaban J connectivity index is 1.76. The van der Waals surface area contributed by atoms with Crippen LogP contribution in [-0.4, -0.2) is 32.0 Å². The molecule has 0 aliphatic heterocycles. The molecule has 4 N–H and O–H groups in total. The predicted octanol–water partition coefficient (Wildman–Crippen LogP) is 0.533. The Morgan fingerprint density at radius 3 is 2.60 bits per heavy atom. The summed E-state index contributed by atoms with van der Waals surface area (Å²) in [6, 6.07) is 4.86. The molecule has 6 heteroatoms. The van der Waals surface area contributed by atoms with E-state index in [4.69, 9.17) is 10.5 Å². The molecule has 1 saturated carbocycles. The minimum atomic E-state index is -0.222. The van der Waals surface area contributed by atoms with Gasteiger partial charge in [0.15, 0.2) is 0 Å². The normalized spacial score (nSPS) is 13.7. The maximum absolute atomic E-state index is 11.9. The Labute approximate surface area is 117 Å². The Morgan fingerprint density at radius 2 is 2.00 bits per heavy atom. The average molecular weight is 277 g/mol. The second-order valence-electron chi connectivity index (χ2n) is 4.78. The number of carbonyl (C=O) groups excluding carboxylic acids is 2. The number of ether oxygens (including phenoxy) is 1. The van der Waals surface area contributed by atoms with Gasteiger partial charge in [0.05, 0.1) is 12.8 Å². The Bertz CT molecular complexity index is 512. The molecule has 0 unspecified atom stereocenters. The van der Waals surface area contributed by atoms with Gasteiger partial charge in [-0.3, -0.25) is 9.59 Å². The van der Waals surface area contributed by atoms with Crippen molar-refractivity contribution in [2.24, 2.45) is 5.92 Å². The van der Waals surface area contributed by atoms with Gasteiger partial charge in [-0.25, -0.2) is 0 Å². The van der Waals surface area contributed by atoms with Crippen molar-refractivity contribution in [2.75, 3.05) is 25.9 Å². The van der Waals surface area contributed by atoms with Crippen LogP contribution >= 0.6 is 0 Å². The molecule has 6 nitrogen and oxygen atoms in total. The summed E-state index contributed by atoms with van der Waals surface area (Å²) in [5.41, 5.74) is 6.63. The number of benzene rings is 1. The number of rotatable bonds is 6. The van der Waals surface area contributed by atoms with Gasteiger partial charge >= 0.3 is 0 Å². The Morgan fingerprint density at radius 1 is 1.30 bits per heavy atom. The lowest BCUT2D eigenvalue weighted by Crippen LogP contribution is -2.35. The standard InChI is InChI=1S/C14H19N3O3/c1-20-12-5-4-10(8-11(12)15)14(19)17-7-6-16-13(18)9-2-3-9/h4-5,8-9H,2-3,6-7,15H2,1H3,(H,16,18)(H,17,19). The number of amides is 2. The highest BCUT2D eigenvalue weighted by atomic mass is 16.5. The molecular formula is C14H19N3O3. The molecule has 20 heavy (non-hydrogen) atoms. The quantitative estimate of drug-likeness (QED) is 0.522. The summed E-state index contributed by atoms with van der Waals surface area (Å²) in [4.78, 5) is 23.2. The fourth-order valence-corrected chi connectivity index (χ4v) is 1.83. The Kier molecular flexibility index (Phi) is 4.45. The van der Waals surface area contributed by atoms with Crippen molar-refractivity contribution in [3.63, 3.8) is 0 Å². The number of carbonyl (C=O) groups is 2. The number of nitrogens with one attached hydrogen (secondary N) is 2. The lowest BCUT2D eigenvalue weighted by atomic mass is 10.2. The SMILES string of the molecule is COc1ccc(C(=O)NCCNC(=O)C2CC2)cc1N. The summed E-state index contributed by atoms with van der Waals surface area (Å²) in [7, 11) is 1.52. The molecule has 0 aromatic heterocycles. The molecule has 1 aliphatic carbocycles. The monoisotopic (exact) mass is 277 g/mol. The van der Waals surface area contributed by atoms with E-state index in [0.29, 0.717) is 30.1 Å². The van der Waals surface area contributed by atoms with E-state index in [9.17, 15) is 9.59 Å². The molecule has 0 spiro atoms. The highest BCUT2D eigenvalue weighted by molar-refractivity contribution is 5.95. The summed E-state index contributed by atoms with van der Waals surface area (Å²) < 4.78 is 5.03. The van der Waals surface area contributed by atoms with Gasteiger partial charge in [0, 0.05) is 24.6 Å². The van der Waals surface area contributed by atoms with Gasteiger partial charge in [-0.1, -0.05) is 0 Å². The largest absolute Gasteiger partial charge is 0.495 e. The maximum Gasteiger partial charge on any atom is 0.251 e. The zero-order valence-electron chi connectivity index (χ0n) is 11.4. The number of hydrogen-bond acceptors (Lipinski definition) is 4. The molecule has 2 amide bonds. The van der Waals surface area contributed by atoms with E-state index in [1.54, 1.807) is 18.2 Å². The van der Waals surface area contributed by atoms with Gasteiger partial charge in [0.1, 0.15) is 5.75 Å². The second kappa shape index (κ2) is 6.27. The van der Waals surface area contributed by atoms with Crippen LogP contribution in [0.2, 0.25) is 0 Å². The average Bonchev–Trinajstić information content (AvgIpc) is 3.27. The van der Waals surface area contributed by atoms with Crippen molar-refractivity contribution in [1.29, 1.82) is 0 Å². The first-order valence-electron chi connectivity index (χ1n) is 6.61. The maximum atomic E-state index is 11.9. The first-order valence-corrected chi connectivity index (χ1v) is 6.61. The fourth-order valence-electron chi connectivity index (χ4n) is 1.83. The molecule has 1 aliphatic rings. The topological polar surface area (TPSA) is 93.5 Å². The zero-order valence-corrected chi connectivity index (χ0v) is 11.4. The number of nitrogens with two attached hydrogens (primary N) is 1. The molecule has 0 atom stereocenters. The lowest BCUT2D eigenvalue weighted by Gasteiger charge is -2.09. The molecule has 108 valence electrons. The number of methoxy groups -OCH3 is 1. The molecule has 1 aromatic rings. The lowest BCUT2D eigenvalue weighted by molar-refractivity contribution is -0.122. The van der Waals surface area contributed by atoms with Crippen LogP contribution in [0.4, 0.5) is 5.69 Å². The van der Waals surface area contributed by atoms with E-state index in [2.05, 4.69) is 10.6 Å². The Hall–Kier alpha value is -2.24. The molecule has 0 heterocycles. The highest BCUT2D eigenvalue weighted by Crippen LogP contribution is 2.28. The first-order chi connectivity index (χ1) is 9.61. The van der Waals surface area contributed by atoms with E-state index in [1.165, 1.54) is 7.11 Å².